The zero-order chi connectivity index (χ0) is 26.3. The first kappa shape index (κ1) is 25.8. The Bertz CT molecular complexity index is 1300. The summed E-state index contributed by atoms with van der Waals surface area (Å²) in [5, 5.41) is 10.2. The predicted octanol–water partition coefficient (Wildman–Crippen LogP) is 6.47. The molecule has 10 heteroatoms. The predicted molar refractivity (Wildman–Crippen MR) is 122 cm³/mol. The summed E-state index contributed by atoms with van der Waals surface area (Å²) in [6.45, 7) is -1.64. The van der Waals surface area contributed by atoms with E-state index in [-0.39, 0.29) is 60.4 Å². The molecule has 1 heterocycles. The van der Waals surface area contributed by atoms with Crippen molar-refractivity contribution in [3.8, 4) is 16.9 Å². The molecule has 1 aliphatic rings. The van der Waals surface area contributed by atoms with E-state index in [1.54, 1.807) is 36.4 Å². The van der Waals surface area contributed by atoms with Crippen LogP contribution >= 0.6 is 0 Å². The number of methoxy groups -OCH3 is 1. The second kappa shape index (κ2) is 9.65. The quantitative estimate of drug-likeness (QED) is 0.386. The molecule has 1 aliphatic heterocycles. The van der Waals surface area contributed by atoms with Crippen LogP contribution in [0.15, 0.2) is 42.5 Å². The molecule has 3 aromatic carbocycles. The maximum atomic E-state index is 14.6. The van der Waals surface area contributed by atoms with Gasteiger partial charge in [0.15, 0.2) is 0 Å². The van der Waals surface area contributed by atoms with Crippen molar-refractivity contribution in [1.82, 2.24) is 4.90 Å². The Hall–Kier alpha value is -3.27. The normalized spacial score (nSPS) is 14.6. The first-order chi connectivity index (χ1) is 16.9. The Morgan fingerprint density at radius 3 is 2.39 bits per heavy atom. The topological polar surface area (TPSA) is 49.8 Å². The minimum Gasteiger partial charge on any atom is -0.496 e. The molecule has 0 radical (unpaired) electrons. The number of aliphatic carboxylic acids is 1. The molecule has 1 N–H and O–H groups in total. The Morgan fingerprint density at radius 1 is 1.06 bits per heavy atom. The van der Waals surface area contributed by atoms with Crippen LogP contribution < -0.4 is 4.74 Å². The van der Waals surface area contributed by atoms with E-state index in [1.807, 2.05) is 0 Å². The van der Waals surface area contributed by atoms with Gasteiger partial charge in [0.05, 0.1) is 19.2 Å². The van der Waals surface area contributed by atoms with Gasteiger partial charge in [-0.05, 0) is 51.9 Å². The van der Waals surface area contributed by atoms with Crippen molar-refractivity contribution in [3.63, 3.8) is 0 Å². The molecule has 192 valence electrons. The van der Waals surface area contributed by atoms with Crippen molar-refractivity contribution in [2.24, 2.45) is 0 Å². The summed E-state index contributed by atoms with van der Waals surface area (Å²) < 4.78 is 87.9. The summed E-state index contributed by atoms with van der Waals surface area (Å²) in [6, 6.07) is 11.3. The SMILES string of the molecule is COc1cc2c(c(C(F)(F)F)c1-c1cccc3c(CCC(=O)O)cccc13)CCN(CC(F)(F)F)C2. The summed E-state index contributed by atoms with van der Waals surface area (Å²) >= 11 is 0. The number of halogens is 6. The molecule has 0 fully saturated rings. The molecular formula is C26H23F6NO3. The summed E-state index contributed by atoms with van der Waals surface area (Å²) in [7, 11) is 1.23. The van der Waals surface area contributed by atoms with Gasteiger partial charge in [0.25, 0.3) is 0 Å². The molecule has 0 amide bonds. The minimum atomic E-state index is -4.79. The molecule has 0 spiro atoms. The van der Waals surface area contributed by atoms with E-state index >= 15 is 0 Å². The van der Waals surface area contributed by atoms with E-state index in [1.165, 1.54) is 13.2 Å². The van der Waals surface area contributed by atoms with Crippen molar-refractivity contribution in [1.29, 1.82) is 0 Å². The van der Waals surface area contributed by atoms with E-state index in [0.29, 0.717) is 16.3 Å². The van der Waals surface area contributed by atoms with Crippen LogP contribution in [0, 0.1) is 0 Å². The highest BCUT2D eigenvalue weighted by atomic mass is 19.4. The van der Waals surface area contributed by atoms with Gasteiger partial charge in [-0.2, -0.15) is 26.3 Å². The van der Waals surface area contributed by atoms with Crippen LogP contribution in [-0.4, -0.2) is 42.4 Å². The average molecular weight is 511 g/mol. The van der Waals surface area contributed by atoms with Crippen LogP contribution in [0.5, 0.6) is 5.75 Å². The van der Waals surface area contributed by atoms with Gasteiger partial charge in [0.2, 0.25) is 0 Å². The van der Waals surface area contributed by atoms with Crippen LogP contribution in [0.2, 0.25) is 0 Å². The van der Waals surface area contributed by atoms with Gasteiger partial charge in [-0.1, -0.05) is 36.4 Å². The molecule has 0 saturated heterocycles. The number of alkyl halides is 6. The minimum absolute atomic E-state index is 0.0317. The average Bonchev–Trinajstić information content (AvgIpc) is 2.79. The lowest BCUT2D eigenvalue weighted by molar-refractivity contribution is -0.148. The number of rotatable bonds is 6. The van der Waals surface area contributed by atoms with Gasteiger partial charge in [-0.15, -0.1) is 0 Å². The molecule has 4 nitrogen and oxygen atoms in total. The number of nitrogens with zero attached hydrogens (tertiary/aromatic N) is 1. The van der Waals surface area contributed by atoms with Gasteiger partial charge in [0, 0.05) is 25.1 Å². The number of aryl methyl sites for hydroxylation is 1. The second-order valence-electron chi connectivity index (χ2n) is 8.75. The Labute approximate surface area is 203 Å². The zero-order valence-corrected chi connectivity index (χ0v) is 19.3. The number of carboxylic acid groups (broad SMARTS) is 1. The van der Waals surface area contributed by atoms with Gasteiger partial charge in [0.1, 0.15) is 5.75 Å². The third kappa shape index (κ3) is 5.28. The number of benzene rings is 3. The highest BCUT2D eigenvalue weighted by Crippen LogP contribution is 2.48. The van der Waals surface area contributed by atoms with Crippen LogP contribution in [0.4, 0.5) is 26.3 Å². The maximum absolute atomic E-state index is 14.6. The van der Waals surface area contributed by atoms with E-state index in [0.717, 1.165) is 4.90 Å². The fraction of sp³-hybridized carbons (Fsp3) is 0.346. The summed E-state index contributed by atoms with van der Waals surface area (Å²) in [4.78, 5) is 12.1. The summed E-state index contributed by atoms with van der Waals surface area (Å²) in [5.41, 5.74) is -0.0167. The van der Waals surface area contributed by atoms with E-state index in [9.17, 15) is 31.1 Å². The molecule has 0 saturated carbocycles. The Balaban J connectivity index is 1.93. The van der Waals surface area contributed by atoms with Crippen LogP contribution in [-0.2, 0) is 30.4 Å². The number of fused-ring (bicyclic) bond motifs is 2. The van der Waals surface area contributed by atoms with E-state index in [4.69, 9.17) is 9.84 Å². The maximum Gasteiger partial charge on any atom is 0.417 e. The molecule has 0 aliphatic carbocycles. The lowest BCUT2D eigenvalue weighted by Gasteiger charge is -2.32. The molecule has 0 unspecified atom stereocenters. The van der Waals surface area contributed by atoms with Gasteiger partial charge in [-0.25, -0.2) is 0 Å². The monoisotopic (exact) mass is 511 g/mol. The van der Waals surface area contributed by atoms with Crippen molar-refractivity contribution in [2.75, 3.05) is 20.2 Å². The van der Waals surface area contributed by atoms with E-state index in [2.05, 4.69) is 0 Å². The van der Waals surface area contributed by atoms with Crippen LogP contribution in [0.1, 0.15) is 28.7 Å². The van der Waals surface area contributed by atoms with Crippen LogP contribution in [0.3, 0.4) is 0 Å². The molecular weight excluding hydrogens is 488 g/mol. The first-order valence-electron chi connectivity index (χ1n) is 11.2. The Kier molecular flexibility index (Phi) is 6.92. The largest absolute Gasteiger partial charge is 0.496 e. The van der Waals surface area contributed by atoms with Gasteiger partial charge < -0.3 is 9.84 Å². The molecule has 4 rings (SSSR count). The zero-order valence-electron chi connectivity index (χ0n) is 19.3. The van der Waals surface area contributed by atoms with Gasteiger partial charge >= 0.3 is 18.3 Å². The molecule has 3 aromatic rings. The summed E-state index contributed by atoms with van der Waals surface area (Å²) in [5.74, 6) is -1.07. The number of hydrogen-bond donors (Lipinski definition) is 1. The third-order valence-corrected chi connectivity index (χ3v) is 6.36. The highest BCUT2D eigenvalue weighted by Gasteiger charge is 2.41. The van der Waals surface area contributed by atoms with Crippen molar-refractivity contribution >= 4 is 16.7 Å². The smallest absolute Gasteiger partial charge is 0.417 e. The molecule has 36 heavy (non-hydrogen) atoms. The number of carboxylic acids is 1. The van der Waals surface area contributed by atoms with Crippen molar-refractivity contribution in [3.05, 3.63) is 64.7 Å². The lowest BCUT2D eigenvalue weighted by Crippen LogP contribution is -2.38. The number of ether oxygens (including phenoxy) is 1. The highest BCUT2D eigenvalue weighted by molar-refractivity contribution is 6.01. The first-order valence-corrected chi connectivity index (χ1v) is 11.2. The van der Waals surface area contributed by atoms with Crippen molar-refractivity contribution < 1.29 is 41.0 Å². The van der Waals surface area contributed by atoms with Crippen LogP contribution in [0.25, 0.3) is 21.9 Å². The standard InChI is InChI=1S/C26H23F6NO3/c1-36-21-12-16-13-33(14-25(27,28)29)11-10-18(16)24(26(30,31)32)23(21)20-7-3-5-17-15(8-9-22(34)35)4-2-6-19(17)20/h2-7,12H,8-11,13-14H2,1H3,(H,34,35). The number of carbonyl (C=O) groups is 1. The third-order valence-electron chi connectivity index (χ3n) is 6.36. The second-order valence-corrected chi connectivity index (χ2v) is 8.75. The Morgan fingerprint density at radius 2 is 1.75 bits per heavy atom. The molecule has 0 bridgehead atoms. The number of hydrogen-bond acceptors (Lipinski definition) is 3. The lowest BCUT2D eigenvalue weighted by atomic mass is 9.85. The van der Waals surface area contributed by atoms with Gasteiger partial charge in [-0.3, -0.25) is 9.69 Å². The fourth-order valence-electron chi connectivity index (χ4n) is 4.95. The van der Waals surface area contributed by atoms with E-state index < -0.39 is 30.4 Å². The summed E-state index contributed by atoms with van der Waals surface area (Å²) in [6.07, 6.45) is -9.36. The van der Waals surface area contributed by atoms with Crippen molar-refractivity contribution in [2.45, 2.75) is 38.2 Å². The molecule has 0 aromatic heterocycles. The fourth-order valence-corrected chi connectivity index (χ4v) is 4.95. The molecule has 0 atom stereocenters.